The van der Waals surface area contributed by atoms with Crippen molar-refractivity contribution < 1.29 is 22.7 Å². The van der Waals surface area contributed by atoms with E-state index in [0.717, 1.165) is 12.1 Å². The van der Waals surface area contributed by atoms with Gasteiger partial charge in [0.25, 0.3) is 0 Å². The van der Waals surface area contributed by atoms with Gasteiger partial charge >= 0.3 is 12.3 Å². The summed E-state index contributed by atoms with van der Waals surface area (Å²) in [5.74, 6) is 0.387. The van der Waals surface area contributed by atoms with Crippen molar-refractivity contribution in [2.45, 2.75) is 32.5 Å². The quantitative estimate of drug-likeness (QED) is 0.843. The molecule has 0 aliphatic rings. The van der Waals surface area contributed by atoms with Crippen molar-refractivity contribution in [2.75, 3.05) is 10.6 Å². The first-order valence-corrected chi connectivity index (χ1v) is 7.31. The minimum absolute atomic E-state index is 0.156. The predicted molar refractivity (Wildman–Crippen MR) is 86.6 cm³/mol. The lowest BCUT2D eigenvalue weighted by Crippen LogP contribution is -2.27. The van der Waals surface area contributed by atoms with E-state index in [2.05, 4.69) is 20.8 Å². The Labute approximate surface area is 142 Å². The summed E-state index contributed by atoms with van der Waals surface area (Å²) < 4.78 is 43.1. The molecule has 0 aliphatic heterocycles. The smallest absolute Gasteiger partial charge is 0.416 e. The Hall–Kier alpha value is -2.84. The molecular formula is C16H17F3N4O2. The first-order valence-electron chi connectivity index (χ1n) is 7.31. The molecule has 1 heterocycles. The van der Waals surface area contributed by atoms with Gasteiger partial charge in [0.1, 0.15) is 5.60 Å². The molecule has 9 heteroatoms. The van der Waals surface area contributed by atoms with Crippen LogP contribution >= 0.6 is 0 Å². The van der Waals surface area contributed by atoms with E-state index in [1.165, 1.54) is 24.3 Å². The molecule has 2 N–H and O–H groups in total. The number of anilines is 3. The van der Waals surface area contributed by atoms with E-state index in [4.69, 9.17) is 4.74 Å². The van der Waals surface area contributed by atoms with E-state index in [0.29, 0.717) is 0 Å². The number of alkyl halides is 3. The number of nitrogens with zero attached hydrogens (tertiary/aromatic N) is 2. The van der Waals surface area contributed by atoms with Crippen LogP contribution in [0.25, 0.3) is 0 Å². The van der Waals surface area contributed by atoms with E-state index >= 15 is 0 Å². The third-order valence-electron chi connectivity index (χ3n) is 2.76. The zero-order chi connectivity index (χ0) is 18.7. The Balaban J connectivity index is 2.02. The number of rotatable bonds is 3. The lowest BCUT2D eigenvalue weighted by Gasteiger charge is -2.19. The zero-order valence-electron chi connectivity index (χ0n) is 13.8. The summed E-state index contributed by atoms with van der Waals surface area (Å²) in [6.45, 7) is 5.17. The van der Waals surface area contributed by atoms with Crippen molar-refractivity contribution in [3.05, 3.63) is 42.0 Å². The molecule has 25 heavy (non-hydrogen) atoms. The summed E-state index contributed by atoms with van der Waals surface area (Å²) in [5, 5.41) is 12.7. The van der Waals surface area contributed by atoms with Crippen molar-refractivity contribution in [1.82, 2.24) is 10.2 Å². The molecule has 0 radical (unpaired) electrons. The number of amides is 1. The van der Waals surface area contributed by atoms with Gasteiger partial charge in [-0.2, -0.15) is 13.2 Å². The predicted octanol–water partition coefficient (Wildman–Crippen LogP) is 4.59. The molecule has 0 fully saturated rings. The molecule has 0 saturated heterocycles. The van der Waals surface area contributed by atoms with Gasteiger partial charge in [-0.15, -0.1) is 10.2 Å². The topological polar surface area (TPSA) is 76.1 Å². The molecule has 6 nitrogen and oxygen atoms in total. The van der Waals surface area contributed by atoms with Crippen LogP contribution in [0.4, 0.5) is 35.3 Å². The van der Waals surface area contributed by atoms with Gasteiger partial charge in [0, 0.05) is 5.69 Å². The van der Waals surface area contributed by atoms with Crippen LogP contribution in [-0.4, -0.2) is 21.9 Å². The highest BCUT2D eigenvalue weighted by atomic mass is 19.4. The third kappa shape index (κ3) is 5.94. The highest BCUT2D eigenvalue weighted by molar-refractivity contribution is 5.83. The normalized spacial score (nSPS) is 11.8. The number of benzene rings is 1. The first kappa shape index (κ1) is 18.5. The van der Waals surface area contributed by atoms with Crippen molar-refractivity contribution in [2.24, 2.45) is 0 Å². The number of halogens is 3. The molecule has 0 bridgehead atoms. The molecule has 1 aromatic carbocycles. The molecule has 0 aliphatic carbocycles. The maximum atomic E-state index is 12.7. The summed E-state index contributed by atoms with van der Waals surface area (Å²) in [7, 11) is 0. The van der Waals surface area contributed by atoms with Gasteiger partial charge in [-0.05, 0) is 51.1 Å². The highest BCUT2D eigenvalue weighted by Gasteiger charge is 2.30. The minimum Gasteiger partial charge on any atom is -0.444 e. The number of nitrogens with one attached hydrogen (secondary N) is 2. The monoisotopic (exact) mass is 354 g/mol. The molecular weight excluding hydrogens is 337 g/mol. The summed E-state index contributed by atoms with van der Waals surface area (Å²) in [6, 6.07) is 7.63. The molecule has 1 amide bonds. The Morgan fingerprint density at radius 1 is 1.04 bits per heavy atom. The fourth-order valence-corrected chi connectivity index (χ4v) is 1.79. The largest absolute Gasteiger partial charge is 0.444 e. The Morgan fingerprint density at radius 2 is 1.68 bits per heavy atom. The number of hydrogen-bond donors (Lipinski definition) is 2. The fourth-order valence-electron chi connectivity index (χ4n) is 1.79. The van der Waals surface area contributed by atoms with E-state index in [9.17, 15) is 18.0 Å². The van der Waals surface area contributed by atoms with Gasteiger partial charge in [0.15, 0.2) is 11.6 Å². The van der Waals surface area contributed by atoms with Gasteiger partial charge in [0.2, 0.25) is 0 Å². The average molecular weight is 354 g/mol. The van der Waals surface area contributed by atoms with Crippen LogP contribution in [0.15, 0.2) is 36.4 Å². The van der Waals surface area contributed by atoms with Gasteiger partial charge in [-0.3, -0.25) is 5.32 Å². The number of carbonyl (C=O) groups is 1. The molecule has 1 aromatic heterocycles. The molecule has 0 saturated carbocycles. The molecule has 2 rings (SSSR count). The number of carbonyl (C=O) groups excluding carboxylic acids is 1. The zero-order valence-corrected chi connectivity index (χ0v) is 13.8. The molecule has 0 atom stereocenters. The molecule has 0 unspecified atom stereocenters. The van der Waals surface area contributed by atoms with E-state index in [1.54, 1.807) is 20.8 Å². The molecule has 0 spiro atoms. The van der Waals surface area contributed by atoms with Gasteiger partial charge < -0.3 is 10.1 Å². The van der Waals surface area contributed by atoms with Crippen molar-refractivity contribution in [3.8, 4) is 0 Å². The van der Waals surface area contributed by atoms with Gasteiger partial charge in [-0.1, -0.05) is 6.07 Å². The van der Waals surface area contributed by atoms with Gasteiger partial charge in [-0.25, -0.2) is 4.79 Å². The fraction of sp³-hybridized carbons (Fsp3) is 0.312. The summed E-state index contributed by atoms with van der Waals surface area (Å²) >= 11 is 0. The van der Waals surface area contributed by atoms with E-state index in [-0.39, 0.29) is 17.3 Å². The maximum Gasteiger partial charge on any atom is 0.416 e. The molecule has 134 valence electrons. The van der Waals surface area contributed by atoms with Crippen LogP contribution in [0.2, 0.25) is 0 Å². The summed E-state index contributed by atoms with van der Waals surface area (Å²) in [5.41, 5.74) is -1.20. The third-order valence-corrected chi connectivity index (χ3v) is 2.76. The number of aromatic nitrogens is 2. The van der Waals surface area contributed by atoms with Crippen molar-refractivity contribution >= 4 is 23.4 Å². The van der Waals surface area contributed by atoms with Crippen molar-refractivity contribution in [1.29, 1.82) is 0 Å². The van der Waals surface area contributed by atoms with E-state index < -0.39 is 23.4 Å². The first-order chi connectivity index (χ1) is 11.5. The highest BCUT2D eigenvalue weighted by Crippen LogP contribution is 2.31. The lowest BCUT2D eigenvalue weighted by atomic mass is 10.2. The Bertz CT molecular complexity index is 740. The number of ether oxygens (including phenoxy) is 1. The minimum atomic E-state index is -4.43. The lowest BCUT2D eigenvalue weighted by molar-refractivity contribution is -0.137. The maximum absolute atomic E-state index is 12.7. The summed E-state index contributed by atoms with van der Waals surface area (Å²) in [6.07, 6.45) is -5.11. The Kier molecular flexibility index (Phi) is 5.15. The van der Waals surface area contributed by atoms with Crippen LogP contribution in [0, 0.1) is 0 Å². The second kappa shape index (κ2) is 6.96. The summed E-state index contributed by atoms with van der Waals surface area (Å²) in [4.78, 5) is 11.6. The average Bonchev–Trinajstić information content (AvgIpc) is 2.47. The van der Waals surface area contributed by atoms with Crippen LogP contribution in [0.1, 0.15) is 26.3 Å². The second-order valence-corrected chi connectivity index (χ2v) is 6.13. The van der Waals surface area contributed by atoms with Gasteiger partial charge in [0.05, 0.1) is 5.56 Å². The SMILES string of the molecule is CC(C)(C)OC(=O)Nc1ccc(Nc2cccc(C(F)(F)F)c2)nn1. The number of hydrogen-bond acceptors (Lipinski definition) is 5. The molecule has 2 aromatic rings. The van der Waals surface area contributed by atoms with E-state index in [1.807, 2.05) is 0 Å². The van der Waals surface area contributed by atoms with Crippen LogP contribution in [-0.2, 0) is 10.9 Å². The van der Waals surface area contributed by atoms with Crippen molar-refractivity contribution in [3.63, 3.8) is 0 Å². The second-order valence-electron chi connectivity index (χ2n) is 6.13. The van der Waals surface area contributed by atoms with Crippen LogP contribution in [0.3, 0.4) is 0 Å². The Morgan fingerprint density at radius 3 is 2.24 bits per heavy atom. The standard InChI is InChI=1S/C16H17F3N4O2/c1-15(2,3)25-14(24)21-13-8-7-12(22-23-13)20-11-6-4-5-10(9-11)16(17,18)19/h4-9H,1-3H3,(H,20,22)(H,21,23,24). The van der Waals surface area contributed by atoms with Crippen LogP contribution in [0.5, 0.6) is 0 Å². The van der Waals surface area contributed by atoms with Crippen LogP contribution < -0.4 is 10.6 Å².